The molecule has 35 heavy (non-hydrogen) atoms. The molecule has 184 valence electrons. The van der Waals surface area contributed by atoms with Crippen LogP contribution in [0.25, 0.3) is 11.4 Å². The summed E-state index contributed by atoms with van der Waals surface area (Å²) in [6.45, 7) is 2.94. The Kier molecular flexibility index (Phi) is 7.73. The molecule has 2 amide bonds. The molecular weight excluding hydrogens is 488 g/mol. The van der Waals surface area contributed by atoms with E-state index in [1.807, 2.05) is 24.6 Å². The first-order valence-corrected chi connectivity index (χ1v) is 13.9. The predicted octanol–water partition coefficient (Wildman–Crippen LogP) is 3.72. The van der Waals surface area contributed by atoms with Gasteiger partial charge in [0.2, 0.25) is 10.0 Å². The number of carbonyl (C=O) groups is 1. The topological polar surface area (TPSA) is 126 Å². The number of nitrogens with one attached hydrogen (secondary N) is 3. The second-order valence-corrected chi connectivity index (χ2v) is 10.4. The predicted molar refractivity (Wildman–Crippen MR) is 140 cm³/mol. The summed E-state index contributed by atoms with van der Waals surface area (Å²) in [6.07, 6.45) is 4.93. The molecule has 3 aromatic rings. The number of nitrogens with zero attached hydrogens (tertiary/aromatic N) is 3. The van der Waals surface area contributed by atoms with Crippen molar-refractivity contribution in [3.63, 3.8) is 0 Å². The highest BCUT2D eigenvalue weighted by Gasteiger charge is 2.18. The number of thioether (sulfide) groups is 1. The van der Waals surface area contributed by atoms with Crippen LogP contribution in [0.2, 0.25) is 0 Å². The lowest BCUT2D eigenvalue weighted by molar-refractivity contribution is 0.122. The van der Waals surface area contributed by atoms with Gasteiger partial charge in [-0.3, -0.25) is 4.72 Å². The van der Waals surface area contributed by atoms with Gasteiger partial charge in [0.05, 0.1) is 24.4 Å². The van der Waals surface area contributed by atoms with Crippen molar-refractivity contribution in [2.24, 2.45) is 0 Å². The number of morpholine rings is 1. The number of hydrogen-bond acceptors (Lipinski definition) is 8. The summed E-state index contributed by atoms with van der Waals surface area (Å²) in [5, 5.41) is 5.49. The third-order valence-corrected chi connectivity index (χ3v) is 6.45. The van der Waals surface area contributed by atoms with E-state index in [0.717, 1.165) is 35.6 Å². The maximum atomic E-state index is 12.4. The number of sulfonamides is 1. The van der Waals surface area contributed by atoms with Crippen LogP contribution in [0.3, 0.4) is 0 Å². The molecule has 2 heterocycles. The minimum absolute atomic E-state index is 0.415. The highest BCUT2D eigenvalue weighted by molar-refractivity contribution is 7.98. The van der Waals surface area contributed by atoms with Crippen molar-refractivity contribution < 1.29 is 17.9 Å². The molecule has 12 heteroatoms. The van der Waals surface area contributed by atoms with E-state index in [9.17, 15) is 13.2 Å². The van der Waals surface area contributed by atoms with E-state index in [1.165, 1.54) is 0 Å². The van der Waals surface area contributed by atoms with Crippen molar-refractivity contribution in [2.75, 3.05) is 59.1 Å². The molecule has 0 bridgehead atoms. The molecule has 1 fully saturated rings. The molecule has 0 aliphatic carbocycles. The molecule has 0 unspecified atom stereocenters. The van der Waals surface area contributed by atoms with Crippen LogP contribution in [-0.4, -0.2) is 63.2 Å². The van der Waals surface area contributed by atoms with Crippen molar-refractivity contribution in [1.29, 1.82) is 0 Å². The zero-order valence-corrected chi connectivity index (χ0v) is 20.9. The number of aromatic nitrogens is 2. The largest absolute Gasteiger partial charge is 0.378 e. The molecule has 10 nitrogen and oxygen atoms in total. The zero-order chi connectivity index (χ0) is 24.8. The lowest BCUT2D eigenvalue weighted by Gasteiger charge is -2.29. The third-order valence-electron chi connectivity index (χ3n) is 5.11. The molecule has 2 aromatic carbocycles. The first-order valence-electron chi connectivity index (χ1n) is 10.8. The fourth-order valence-corrected chi connectivity index (χ4v) is 4.56. The zero-order valence-electron chi connectivity index (χ0n) is 19.3. The summed E-state index contributed by atoms with van der Waals surface area (Å²) < 4.78 is 30.4. The van der Waals surface area contributed by atoms with Gasteiger partial charge in [-0.2, -0.15) is 0 Å². The van der Waals surface area contributed by atoms with Crippen molar-refractivity contribution in [3.05, 3.63) is 54.7 Å². The van der Waals surface area contributed by atoms with Gasteiger partial charge in [-0.25, -0.2) is 23.2 Å². The fourth-order valence-electron chi connectivity index (χ4n) is 3.48. The van der Waals surface area contributed by atoms with Crippen LogP contribution in [0.4, 0.5) is 27.7 Å². The fraction of sp³-hybridized carbons (Fsp3) is 0.261. The Hall–Kier alpha value is -3.35. The van der Waals surface area contributed by atoms with Crippen molar-refractivity contribution in [3.8, 4) is 11.4 Å². The molecule has 1 aliphatic heterocycles. The van der Waals surface area contributed by atoms with Crippen LogP contribution in [0, 0.1) is 0 Å². The average Bonchev–Trinajstić information content (AvgIpc) is 2.85. The Bertz CT molecular complexity index is 1280. The Labute approximate surface area is 208 Å². The van der Waals surface area contributed by atoms with E-state index < -0.39 is 16.1 Å². The van der Waals surface area contributed by atoms with Crippen LogP contribution in [0.5, 0.6) is 0 Å². The normalized spacial score (nSPS) is 13.8. The summed E-state index contributed by atoms with van der Waals surface area (Å²) >= 11 is 1.61. The van der Waals surface area contributed by atoms with Crippen molar-refractivity contribution in [1.82, 2.24) is 9.97 Å². The average molecular weight is 515 g/mol. The molecule has 0 saturated carbocycles. The van der Waals surface area contributed by atoms with E-state index in [2.05, 4.69) is 25.2 Å². The first-order chi connectivity index (χ1) is 16.8. The maximum absolute atomic E-state index is 12.4. The molecular formula is C23H26N6O4S2. The SMILES string of the molecule is CSc1cnc(-c2ccc(NC(=O)Nc3ccc(NS(C)(=O)=O)cc3)cc2)nc1N1CCOCC1. The number of ether oxygens (including phenoxy) is 1. The van der Waals surface area contributed by atoms with E-state index in [-0.39, 0.29) is 0 Å². The van der Waals surface area contributed by atoms with Gasteiger partial charge in [-0.05, 0) is 54.8 Å². The van der Waals surface area contributed by atoms with Gasteiger partial charge in [0.15, 0.2) is 5.82 Å². The maximum Gasteiger partial charge on any atom is 0.323 e. The number of rotatable bonds is 7. The summed E-state index contributed by atoms with van der Waals surface area (Å²) in [6, 6.07) is 13.2. The lowest BCUT2D eigenvalue weighted by atomic mass is 10.2. The molecule has 1 saturated heterocycles. The number of urea groups is 1. The minimum Gasteiger partial charge on any atom is -0.378 e. The van der Waals surface area contributed by atoms with E-state index in [4.69, 9.17) is 9.72 Å². The molecule has 0 spiro atoms. The van der Waals surface area contributed by atoms with Crippen molar-refractivity contribution in [2.45, 2.75) is 4.90 Å². The monoisotopic (exact) mass is 514 g/mol. The Morgan fingerprint density at radius 2 is 1.54 bits per heavy atom. The van der Waals surface area contributed by atoms with E-state index >= 15 is 0 Å². The highest BCUT2D eigenvalue weighted by Crippen LogP contribution is 2.29. The number of carbonyl (C=O) groups excluding carboxylic acids is 1. The lowest BCUT2D eigenvalue weighted by Crippen LogP contribution is -2.37. The van der Waals surface area contributed by atoms with Gasteiger partial charge in [0, 0.05) is 41.9 Å². The van der Waals surface area contributed by atoms with Gasteiger partial charge in [-0.15, -0.1) is 11.8 Å². The summed E-state index contributed by atoms with van der Waals surface area (Å²) in [4.78, 5) is 24.9. The molecule has 0 radical (unpaired) electrons. The number of benzene rings is 2. The van der Waals surface area contributed by atoms with Crippen LogP contribution in [0.1, 0.15) is 0 Å². The van der Waals surface area contributed by atoms with Gasteiger partial charge in [0.1, 0.15) is 5.82 Å². The number of hydrogen-bond donors (Lipinski definition) is 3. The smallest absolute Gasteiger partial charge is 0.323 e. The quantitative estimate of drug-likeness (QED) is 0.408. The van der Waals surface area contributed by atoms with E-state index in [1.54, 1.807) is 48.2 Å². The molecule has 0 atom stereocenters. The Morgan fingerprint density at radius 1 is 0.971 bits per heavy atom. The van der Waals surface area contributed by atoms with Gasteiger partial charge in [0.25, 0.3) is 0 Å². The molecule has 3 N–H and O–H groups in total. The summed E-state index contributed by atoms with van der Waals surface area (Å²) in [7, 11) is -3.36. The van der Waals surface area contributed by atoms with Crippen molar-refractivity contribution >= 4 is 50.7 Å². The van der Waals surface area contributed by atoms with Crippen LogP contribution >= 0.6 is 11.8 Å². The standard InChI is InChI=1S/C23H26N6O4S2/c1-34-20-15-24-21(27-22(20)29-11-13-33-14-12-29)16-3-5-17(6-4-16)25-23(30)26-18-7-9-19(10-8-18)28-35(2,31)32/h3-10,15,28H,11-14H2,1-2H3,(H2,25,26,30). The van der Waals surface area contributed by atoms with Crippen LogP contribution in [-0.2, 0) is 14.8 Å². The van der Waals surface area contributed by atoms with Gasteiger partial charge < -0.3 is 20.3 Å². The van der Waals surface area contributed by atoms with E-state index in [0.29, 0.717) is 36.1 Å². The summed E-state index contributed by atoms with van der Waals surface area (Å²) in [5.74, 6) is 1.52. The van der Waals surface area contributed by atoms with Crippen LogP contribution < -0.4 is 20.3 Å². The highest BCUT2D eigenvalue weighted by atomic mass is 32.2. The third kappa shape index (κ3) is 6.84. The second kappa shape index (κ2) is 10.9. The van der Waals surface area contributed by atoms with Gasteiger partial charge >= 0.3 is 6.03 Å². The first kappa shape index (κ1) is 24.8. The van der Waals surface area contributed by atoms with Crippen LogP contribution in [0.15, 0.2) is 59.6 Å². The Morgan fingerprint density at radius 3 is 2.11 bits per heavy atom. The summed E-state index contributed by atoms with van der Waals surface area (Å²) in [5.41, 5.74) is 2.39. The molecule has 1 aromatic heterocycles. The number of amides is 2. The molecule has 1 aliphatic rings. The minimum atomic E-state index is -3.36. The molecule has 4 rings (SSSR count). The second-order valence-electron chi connectivity index (χ2n) is 7.79. The number of anilines is 4. The Balaban J connectivity index is 1.40. The van der Waals surface area contributed by atoms with Gasteiger partial charge in [-0.1, -0.05) is 0 Å².